The van der Waals surface area contributed by atoms with Crippen LogP contribution in [0.2, 0.25) is 0 Å². The van der Waals surface area contributed by atoms with Gasteiger partial charge in [0.15, 0.2) is 0 Å². The summed E-state index contributed by atoms with van der Waals surface area (Å²) in [6, 6.07) is 0. The molecule has 5 aliphatic rings. The fraction of sp³-hybridized carbons (Fsp3) is 0.950. The van der Waals surface area contributed by atoms with Gasteiger partial charge in [0, 0.05) is 13.1 Å². The Bertz CT molecular complexity index is 498. The van der Waals surface area contributed by atoms with E-state index in [4.69, 9.17) is 5.73 Å². The number of hydrogen-bond acceptors (Lipinski definition) is 2. The van der Waals surface area contributed by atoms with Crippen LogP contribution in [0.15, 0.2) is 0 Å². The van der Waals surface area contributed by atoms with E-state index in [-0.39, 0.29) is 5.41 Å². The number of amides is 1. The van der Waals surface area contributed by atoms with Gasteiger partial charge in [0.1, 0.15) is 0 Å². The van der Waals surface area contributed by atoms with Crippen molar-refractivity contribution >= 4 is 5.91 Å². The molecular formula is C20H34N2O. The van der Waals surface area contributed by atoms with Gasteiger partial charge in [-0.1, -0.05) is 20.8 Å². The summed E-state index contributed by atoms with van der Waals surface area (Å²) in [5.41, 5.74) is 6.76. The van der Waals surface area contributed by atoms with E-state index in [0.717, 1.165) is 51.2 Å². The lowest BCUT2D eigenvalue weighted by Crippen LogP contribution is -2.61. The molecule has 4 atom stereocenters. The molecule has 1 saturated heterocycles. The molecule has 0 aromatic rings. The van der Waals surface area contributed by atoms with Crippen LogP contribution in [0.5, 0.6) is 0 Å². The SMILES string of the molecule is CC1CCN(C(=O)C23CC4CC(C)(CC(C)(C4)C2)C3)CC1CN. The van der Waals surface area contributed by atoms with Crippen molar-refractivity contribution in [3.63, 3.8) is 0 Å². The minimum Gasteiger partial charge on any atom is -0.342 e. The smallest absolute Gasteiger partial charge is 0.228 e. The monoisotopic (exact) mass is 318 g/mol. The molecule has 4 saturated carbocycles. The van der Waals surface area contributed by atoms with Crippen LogP contribution in [0.3, 0.4) is 0 Å². The molecule has 4 unspecified atom stereocenters. The Labute approximate surface area is 141 Å². The van der Waals surface area contributed by atoms with Crippen molar-refractivity contribution in [2.75, 3.05) is 19.6 Å². The number of carbonyl (C=O) groups is 1. The topological polar surface area (TPSA) is 46.3 Å². The van der Waals surface area contributed by atoms with E-state index < -0.39 is 0 Å². The van der Waals surface area contributed by atoms with Crippen molar-refractivity contribution in [2.45, 2.75) is 65.7 Å². The Balaban J connectivity index is 1.59. The molecule has 4 bridgehead atoms. The molecule has 1 amide bonds. The molecule has 1 heterocycles. The molecule has 0 aromatic carbocycles. The quantitative estimate of drug-likeness (QED) is 0.848. The minimum absolute atomic E-state index is 0.0390. The van der Waals surface area contributed by atoms with Gasteiger partial charge >= 0.3 is 0 Å². The Hall–Kier alpha value is -0.570. The summed E-state index contributed by atoms with van der Waals surface area (Å²) >= 11 is 0. The molecule has 2 N–H and O–H groups in total. The van der Waals surface area contributed by atoms with Crippen LogP contribution in [0, 0.1) is 34.0 Å². The first-order chi connectivity index (χ1) is 10.8. The molecular weight excluding hydrogens is 284 g/mol. The van der Waals surface area contributed by atoms with Gasteiger partial charge in [-0.15, -0.1) is 0 Å². The van der Waals surface area contributed by atoms with Gasteiger partial charge in [0.25, 0.3) is 0 Å². The number of rotatable bonds is 2. The van der Waals surface area contributed by atoms with Crippen LogP contribution in [0.25, 0.3) is 0 Å². The van der Waals surface area contributed by atoms with E-state index in [9.17, 15) is 4.79 Å². The molecule has 1 aliphatic heterocycles. The average molecular weight is 319 g/mol. The molecule has 4 aliphatic carbocycles. The van der Waals surface area contributed by atoms with Crippen LogP contribution in [-0.4, -0.2) is 30.4 Å². The predicted molar refractivity (Wildman–Crippen MR) is 92.7 cm³/mol. The maximum Gasteiger partial charge on any atom is 0.228 e. The lowest BCUT2D eigenvalue weighted by molar-refractivity contribution is -0.181. The van der Waals surface area contributed by atoms with Crippen molar-refractivity contribution in [1.82, 2.24) is 4.90 Å². The van der Waals surface area contributed by atoms with Crippen LogP contribution in [0.1, 0.15) is 65.7 Å². The van der Waals surface area contributed by atoms with Crippen LogP contribution >= 0.6 is 0 Å². The van der Waals surface area contributed by atoms with E-state index in [1.54, 1.807) is 0 Å². The molecule has 5 fully saturated rings. The van der Waals surface area contributed by atoms with Gasteiger partial charge in [0.2, 0.25) is 5.91 Å². The zero-order valence-electron chi connectivity index (χ0n) is 15.2. The van der Waals surface area contributed by atoms with Crippen molar-refractivity contribution < 1.29 is 4.79 Å². The van der Waals surface area contributed by atoms with E-state index in [1.807, 2.05) is 0 Å². The third-order valence-electron chi connectivity index (χ3n) is 7.78. The Morgan fingerprint density at radius 2 is 1.78 bits per heavy atom. The van der Waals surface area contributed by atoms with Crippen molar-refractivity contribution in [1.29, 1.82) is 0 Å². The zero-order valence-corrected chi connectivity index (χ0v) is 15.2. The van der Waals surface area contributed by atoms with Gasteiger partial charge in [-0.2, -0.15) is 0 Å². The highest BCUT2D eigenvalue weighted by Crippen LogP contribution is 2.69. The van der Waals surface area contributed by atoms with Crippen LogP contribution in [-0.2, 0) is 4.79 Å². The number of nitrogens with zero attached hydrogens (tertiary/aromatic N) is 1. The summed E-state index contributed by atoms with van der Waals surface area (Å²) in [5.74, 6) is 2.44. The molecule has 0 spiro atoms. The molecule has 5 rings (SSSR count). The second-order valence-electron chi connectivity index (χ2n) is 10.4. The predicted octanol–water partition coefficient (Wildman–Crippen LogP) is 3.43. The summed E-state index contributed by atoms with van der Waals surface area (Å²) < 4.78 is 0. The largest absolute Gasteiger partial charge is 0.342 e. The fourth-order valence-corrected chi connectivity index (χ4v) is 7.66. The Morgan fingerprint density at radius 3 is 2.35 bits per heavy atom. The summed E-state index contributed by atoms with van der Waals surface area (Å²) in [5, 5.41) is 0. The van der Waals surface area contributed by atoms with Gasteiger partial charge in [0.05, 0.1) is 5.41 Å². The van der Waals surface area contributed by atoms with E-state index >= 15 is 0 Å². The molecule has 23 heavy (non-hydrogen) atoms. The van der Waals surface area contributed by atoms with Crippen molar-refractivity contribution in [3.05, 3.63) is 0 Å². The number of likely N-dealkylation sites (tertiary alicyclic amines) is 1. The first-order valence-corrected chi connectivity index (χ1v) is 9.76. The first kappa shape index (κ1) is 15.9. The highest BCUT2D eigenvalue weighted by Gasteiger charge is 2.63. The maximum absolute atomic E-state index is 13.6. The Morgan fingerprint density at radius 1 is 1.13 bits per heavy atom. The van der Waals surface area contributed by atoms with Crippen molar-refractivity contribution in [2.24, 2.45) is 39.7 Å². The summed E-state index contributed by atoms with van der Waals surface area (Å²) in [7, 11) is 0. The molecule has 130 valence electrons. The number of nitrogens with two attached hydrogens (primary N) is 1. The van der Waals surface area contributed by atoms with E-state index in [0.29, 0.717) is 28.6 Å². The third-order valence-corrected chi connectivity index (χ3v) is 7.78. The molecule has 0 radical (unpaired) electrons. The zero-order chi connectivity index (χ0) is 16.5. The molecule has 3 heteroatoms. The first-order valence-electron chi connectivity index (χ1n) is 9.76. The second kappa shape index (κ2) is 4.97. The third kappa shape index (κ3) is 2.45. The van der Waals surface area contributed by atoms with Gasteiger partial charge in [-0.05, 0) is 80.1 Å². The van der Waals surface area contributed by atoms with E-state index in [1.165, 1.54) is 19.3 Å². The number of hydrogen-bond donors (Lipinski definition) is 1. The standard InChI is InChI=1S/C20H34N2O/c1-14-4-5-22(10-16(14)9-21)17(23)20-8-15-6-18(2,12-20)11-19(3,7-15)13-20/h14-16H,4-13,21H2,1-3H3. The molecule has 3 nitrogen and oxygen atoms in total. The van der Waals surface area contributed by atoms with E-state index in [2.05, 4.69) is 25.7 Å². The normalized spacial score (nSPS) is 52.0. The number of carbonyl (C=O) groups excluding carboxylic acids is 1. The lowest BCUT2D eigenvalue weighted by atomic mass is 9.40. The highest BCUT2D eigenvalue weighted by atomic mass is 16.2. The van der Waals surface area contributed by atoms with Gasteiger partial charge in [-0.25, -0.2) is 0 Å². The fourth-order valence-electron chi connectivity index (χ4n) is 7.66. The van der Waals surface area contributed by atoms with Crippen LogP contribution in [0.4, 0.5) is 0 Å². The summed E-state index contributed by atoms with van der Waals surface area (Å²) in [6.07, 6.45) is 8.64. The number of piperidine rings is 1. The lowest BCUT2D eigenvalue weighted by Gasteiger charge is -2.65. The summed E-state index contributed by atoms with van der Waals surface area (Å²) in [4.78, 5) is 15.8. The maximum atomic E-state index is 13.6. The minimum atomic E-state index is -0.0390. The second-order valence-corrected chi connectivity index (χ2v) is 10.4. The molecule has 0 aromatic heterocycles. The van der Waals surface area contributed by atoms with Gasteiger partial charge < -0.3 is 10.6 Å². The van der Waals surface area contributed by atoms with Gasteiger partial charge in [-0.3, -0.25) is 4.79 Å². The van der Waals surface area contributed by atoms with Crippen molar-refractivity contribution in [3.8, 4) is 0 Å². The highest BCUT2D eigenvalue weighted by molar-refractivity contribution is 5.83. The average Bonchev–Trinajstić information content (AvgIpc) is 2.43. The van der Waals surface area contributed by atoms with Crippen LogP contribution < -0.4 is 5.73 Å². The Kier molecular flexibility index (Phi) is 3.44. The summed E-state index contributed by atoms with van der Waals surface area (Å²) in [6.45, 7) is 9.78.